The highest BCUT2D eigenvalue weighted by Crippen LogP contribution is 2.44. The molecule has 3 rings (SSSR count). The van der Waals surface area contributed by atoms with Crippen LogP contribution in [0.3, 0.4) is 0 Å². The third kappa shape index (κ3) is 5.43. The van der Waals surface area contributed by atoms with Crippen molar-refractivity contribution in [1.29, 1.82) is 5.53 Å². The lowest BCUT2D eigenvalue weighted by atomic mass is 9.82. The van der Waals surface area contributed by atoms with Gasteiger partial charge >= 0.3 is 0 Å². The van der Waals surface area contributed by atoms with Crippen molar-refractivity contribution in [3.63, 3.8) is 0 Å². The zero-order valence-corrected chi connectivity index (χ0v) is 18.8. The van der Waals surface area contributed by atoms with E-state index in [2.05, 4.69) is 33.0 Å². The van der Waals surface area contributed by atoms with E-state index in [0.29, 0.717) is 12.2 Å². The van der Waals surface area contributed by atoms with Gasteiger partial charge in [-0.1, -0.05) is 6.92 Å². The Morgan fingerprint density at radius 1 is 1.45 bits per heavy atom. The molecular formula is C19H31N5O3S2. The monoisotopic (exact) mass is 441 g/mol. The minimum absolute atomic E-state index is 0.0163. The summed E-state index contributed by atoms with van der Waals surface area (Å²) < 4.78 is 31.5. The van der Waals surface area contributed by atoms with Crippen molar-refractivity contribution >= 4 is 21.4 Å². The van der Waals surface area contributed by atoms with E-state index in [9.17, 15) is 8.42 Å². The van der Waals surface area contributed by atoms with Gasteiger partial charge in [0.2, 0.25) is 10.0 Å². The minimum atomic E-state index is -3.23. The highest BCUT2D eigenvalue weighted by atomic mass is 32.2. The molecule has 3 heterocycles. The van der Waals surface area contributed by atoms with Crippen LogP contribution in [-0.2, 0) is 33.2 Å². The van der Waals surface area contributed by atoms with E-state index >= 15 is 0 Å². The smallest absolute Gasteiger partial charge is 0.213 e. The van der Waals surface area contributed by atoms with Crippen LogP contribution in [0.2, 0.25) is 0 Å². The summed E-state index contributed by atoms with van der Waals surface area (Å²) in [7, 11) is -1.83. The Kier molecular flexibility index (Phi) is 7.44. The summed E-state index contributed by atoms with van der Waals surface area (Å²) in [5.74, 6) is -0.0163. The summed E-state index contributed by atoms with van der Waals surface area (Å²) in [6.07, 6.45) is 5.62. The van der Waals surface area contributed by atoms with Crippen molar-refractivity contribution in [2.45, 2.75) is 38.2 Å². The largest absolute Gasteiger partial charge is 0.388 e. The Balaban J connectivity index is 1.55. The number of hydrogen-bond acceptors (Lipinski definition) is 8. The molecule has 0 bridgehead atoms. The molecule has 2 aliphatic rings. The number of ether oxygens (including phenoxy) is 1. The van der Waals surface area contributed by atoms with Crippen LogP contribution in [-0.4, -0.2) is 58.9 Å². The molecule has 10 heteroatoms. The van der Waals surface area contributed by atoms with Gasteiger partial charge in [-0.3, -0.25) is 4.90 Å². The zero-order valence-electron chi connectivity index (χ0n) is 17.2. The van der Waals surface area contributed by atoms with Crippen molar-refractivity contribution < 1.29 is 13.2 Å². The summed E-state index contributed by atoms with van der Waals surface area (Å²) in [5, 5.41) is 6.55. The first kappa shape index (κ1) is 22.4. The van der Waals surface area contributed by atoms with Gasteiger partial charge in [-0.05, 0) is 37.9 Å². The van der Waals surface area contributed by atoms with Crippen molar-refractivity contribution in [2.75, 3.05) is 45.6 Å². The molecule has 0 saturated carbocycles. The average molecular weight is 442 g/mol. The molecule has 1 saturated heterocycles. The number of sulfonamides is 1. The Morgan fingerprint density at radius 3 is 2.86 bits per heavy atom. The number of thiophene rings is 1. The second-order valence-corrected chi connectivity index (χ2v) is 10.8. The highest BCUT2D eigenvalue weighted by Gasteiger charge is 2.41. The number of fused-ring (bicyclic) bond motifs is 2. The number of piperidine rings is 1. The minimum Gasteiger partial charge on any atom is -0.388 e. The maximum Gasteiger partial charge on any atom is 0.213 e. The number of nitrogens with zero attached hydrogens (tertiary/aromatic N) is 2. The molecule has 29 heavy (non-hydrogen) atoms. The standard InChI is InChI=1S/C19H31N5O3S2/c1-3-16-12-17-18(28-16)4-10-27-19(17)5-8-24(9-6-19)14-15(23-20)13-22-7-11-29(25,26)21-2/h12-13,20-22H,3-11,14H2,1-2H3/b15-13-,23-20?. The molecule has 0 aromatic carbocycles. The lowest BCUT2D eigenvalue weighted by Gasteiger charge is -2.44. The van der Waals surface area contributed by atoms with E-state index in [0.717, 1.165) is 45.4 Å². The van der Waals surface area contributed by atoms with Gasteiger partial charge in [-0.2, -0.15) is 5.11 Å². The normalized spacial score (nSPS) is 19.9. The summed E-state index contributed by atoms with van der Waals surface area (Å²) in [6, 6.07) is 2.35. The van der Waals surface area contributed by atoms with Crippen molar-refractivity contribution in [2.24, 2.45) is 5.11 Å². The van der Waals surface area contributed by atoms with E-state index < -0.39 is 10.0 Å². The molecule has 8 nitrogen and oxygen atoms in total. The van der Waals surface area contributed by atoms with Crippen LogP contribution >= 0.6 is 11.3 Å². The third-order valence-electron chi connectivity index (χ3n) is 5.69. The fraction of sp³-hybridized carbons (Fsp3) is 0.684. The van der Waals surface area contributed by atoms with Gasteiger partial charge in [0.25, 0.3) is 0 Å². The second-order valence-electron chi connectivity index (χ2n) is 7.50. The zero-order chi connectivity index (χ0) is 20.9. The first-order chi connectivity index (χ1) is 13.9. The summed E-state index contributed by atoms with van der Waals surface area (Å²) >= 11 is 1.93. The van der Waals surface area contributed by atoms with Gasteiger partial charge in [0, 0.05) is 48.6 Å². The predicted octanol–water partition coefficient (Wildman–Crippen LogP) is 2.19. The molecule has 1 fully saturated rings. The number of nitrogens with one attached hydrogen (secondary N) is 3. The van der Waals surface area contributed by atoms with Gasteiger partial charge < -0.3 is 10.1 Å². The first-order valence-corrected chi connectivity index (χ1v) is 12.6. The molecule has 2 aliphatic heterocycles. The Morgan fingerprint density at radius 2 is 2.21 bits per heavy atom. The predicted molar refractivity (Wildman–Crippen MR) is 115 cm³/mol. The fourth-order valence-electron chi connectivity index (χ4n) is 3.96. The number of likely N-dealkylation sites (tertiary alicyclic amines) is 1. The Labute approximate surface area is 177 Å². The first-order valence-electron chi connectivity index (χ1n) is 10.1. The van der Waals surface area contributed by atoms with E-state index in [1.54, 1.807) is 6.20 Å². The van der Waals surface area contributed by atoms with Crippen LogP contribution in [0.15, 0.2) is 23.1 Å². The summed E-state index contributed by atoms with van der Waals surface area (Å²) in [4.78, 5) is 5.21. The molecule has 0 amide bonds. The molecule has 1 spiro atoms. The molecule has 1 aromatic heterocycles. The molecule has 162 valence electrons. The Hall–Kier alpha value is -1.33. The average Bonchev–Trinajstić information content (AvgIpc) is 3.17. The molecule has 0 radical (unpaired) electrons. The second kappa shape index (κ2) is 9.65. The SMILES string of the molecule is CCc1cc2c(s1)CCOC21CCN(C/C(=C/NCCS(=O)(=O)NC)N=N)CC1. The maximum atomic E-state index is 11.4. The maximum absolute atomic E-state index is 11.4. The van der Waals surface area contributed by atoms with Gasteiger partial charge in [0.1, 0.15) is 0 Å². The van der Waals surface area contributed by atoms with E-state index in [4.69, 9.17) is 10.3 Å². The van der Waals surface area contributed by atoms with E-state index in [1.807, 2.05) is 11.3 Å². The van der Waals surface area contributed by atoms with Gasteiger partial charge in [-0.15, -0.1) is 11.3 Å². The molecule has 0 unspecified atom stereocenters. The number of aryl methyl sites for hydroxylation is 1. The van der Waals surface area contributed by atoms with Gasteiger partial charge in [0.05, 0.1) is 23.7 Å². The molecule has 0 aliphatic carbocycles. The lowest BCUT2D eigenvalue weighted by molar-refractivity contribution is -0.0961. The van der Waals surface area contributed by atoms with Crippen LogP contribution in [0.25, 0.3) is 0 Å². The van der Waals surface area contributed by atoms with Crippen LogP contribution < -0.4 is 10.0 Å². The van der Waals surface area contributed by atoms with Crippen molar-refractivity contribution in [1.82, 2.24) is 14.9 Å². The molecule has 3 N–H and O–H groups in total. The van der Waals surface area contributed by atoms with E-state index in [1.165, 1.54) is 22.4 Å². The van der Waals surface area contributed by atoms with Crippen LogP contribution in [0.5, 0.6) is 0 Å². The third-order valence-corrected chi connectivity index (χ3v) is 8.40. The quantitative estimate of drug-likeness (QED) is 0.402. The van der Waals surface area contributed by atoms with Crippen molar-refractivity contribution in [3.05, 3.63) is 33.3 Å². The van der Waals surface area contributed by atoms with Gasteiger partial charge in [-0.25, -0.2) is 18.7 Å². The van der Waals surface area contributed by atoms with Crippen LogP contribution in [0.4, 0.5) is 0 Å². The number of hydrogen-bond donors (Lipinski definition) is 3. The van der Waals surface area contributed by atoms with Crippen molar-refractivity contribution in [3.8, 4) is 0 Å². The summed E-state index contributed by atoms with van der Waals surface area (Å²) in [6.45, 7) is 5.62. The lowest BCUT2D eigenvalue weighted by Crippen LogP contribution is -2.46. The fourth-order valence-corrected chi connectivity index (χ4v) is 5.73. The topological polar surface area (TPSA) is 107 Å². The number of rotatable bonds is 9. The molecule has 0 atom stereocenters. The van der Waals surface area contributed by atoms with E-state index in [-0.39, 0.29) is 17.9 Å². The highest BCUT2D eigenvalue weighted by molar-refractivity contribution is 7.89. The summed E-state index contributed by atoms with van der Waals surface area (Å²) in [5.41, 5.74) is 9.26. The van der Waals surface area contributed by atoms with Crippen LogP contribution in [0.1, 0.15) is 35.1 Å². The van der Waals surface area contributed by atoms with Gasteiger partial charge in [0.15, 0.2) is 0 Å². The molecule has 1 aromatic rings. The van der Waals surface area contributed by atoms with Crippen LogP contribution in [0, 0.1) is 5.53 Å². The molecular weight excluding hydrogens is 410 g/mol. The Bertz CT molecular complexity index is 842.